The van der Waals surface area contributed by atoms with Crippen molar-refractivity contribution >= 4 is 5.95 Å². The molecule has 8 heteroatoms. The number of hydrogen-bond acceptors (Lipinski definition) is 7. The molecule has 0 bridgehead atoms. The molecule has 2 aromatic heterocycles. The van der Waals surface area contributed by atoms with E-state index in [2.05, 4.69) is 29.9 Å². The predicted molar refractivity (Wildman–Crippen MR) is 89.2 cm³/mol. The van der Waals surface area contributed by atoms with E-state index in [4.69, 9.17) is 4.52 Å². The van der Waals surface area contributed by atoms with Crippen LogP contribution in [0, 0.1) is 5.82 Å². The van der Waals surface area contributed by atoms with Gasteiger partial charge in [-0.25, -0.2) is 14.4 Å². The van der Waals surface area contributed by atoms with Gasteiger partial charge in [0.25, 0.3) is 0 Å². The van der Waals surface area contributed by atoms with Gasteiger partial charge in [-0.15, -0.1) is 0 Å². The Morgan fingerprint density at radius 3 is 2.44 bits per heavy atom. The minimum atomic E-state index is -0.285. The topological polar surface area (TPSA) is 71.2 Å². The maximum atomic E-state index is 13.0. The van der Waals surface area contributed by atoms with Gasteiger partial charge in [0, 0.05) is 44.1 Å². The molecule has 4 rings (SSSR count). The molecule has 7 nitrogen and oxygen atoms in total. The summed E-state index contributed by atoms with van der Waals surface area (Å²) in [5, 5.41) is 3.98. The molecule has 0 N–H and O–H groups in total. The van der Waals surface area contributed by atoms with Crippen LogP contribution in [0.2, 0.25) is 0 Å². The first kappa shape index (κ1) is 15.6. The van der Waals surface area contributed by atoms with Gasteiger partial charge in [0.2, 0.25) is 17.7 Å². The van der Waals surface area contributed by atoms with Gasteiger partial charge in [0.15, 0.2) is 0 Å². The summed E-state index contributed by atoms with van der Waals surface area (Å²) in [6.45, 7) is 4.03. The van der Waals surface area contributed by atoms with E-state index in [1.165, 1.54) is 12.1 Å². The molecule has 0 radical (unpaired) electrons. The fourth-order valence-corrected chi connectivity index (χ4v) is 2.79. The third-order valence-electron chi connectivity index (χ3n) is 4.14. The lowest BCUT2D eigenvalue weighted by Crippen LogP contribution is -2.46. The lowest BCUT2D eigenvalue weighted by Gasteiger charge is -2.33. The molecular weight excluding hydrogens is 323 g/mol. The van der Waals surface area contributed by atoms with Gasteiger partial charge in [0.1, 0.15) is 5.82 Å². The van der Waals surface area contributed by atoms with Crippen molar-refractivity contribution in [2.75, 3.05) is 31.1 Å². The van der Waals surface area contributed by atoms with Crippen molar-refractivity contribution in [3.05, 3.63) is 54.4 Å². The molecule has 128 valence electrons. The molecule has 0 atom stereocenters. The van der Waals surface area contributed by atoms with Crippen LogP contribution in [-0.4, -0.2) is 51.2 Å². The zero-order chi connectivity index (χ0) is 17.1. The standard InChI is InChI=1S/C17H17FN6O/c18-14-4-2-13(3-5-14)16-21-15(25-22-16)12-23-8-10-24(11-9-23)17-19-6-1-7-20-17/h1-7H,8-12H2. The van der Waals surface area contributed by atoms with E-state index in [1.807, 2.05) is 6.07 Å². The molecule has 1 aromatic carbocycles. The third kappa shape index (κ3) is 3.63. The van der Waals surface area contributed by atoms with Crippen LogP contribution < -0.4 is 4.90 Å². The molecule has 1 saturated heterocycles. The number of rotatable bonds is 4. The zero-order valence-electron chi connectivity index (χ0n) is 13.5. The lowest BCUT2D eigenvalue weighted by atomic mass is 10.2. The quantitative estimate of drug-likeness (QED) is 0.719. The van der Waals surface area contributed by atoms with E-state index >= 15 is 0 Å². The van der Waals surface area contributed by atoms with Crippen LogP contribution in [-0.2, 0) is 6.54 Å². The number of nitrogens with zero attached hydrogens (tertiary/aromatic N) is 6. The molecule has 0 unspecified atom stereocenters. The average Bonchev–Trinajstić information content (AvgIpc) is 3.12. The van der Waals surface area contributed by atoms with Crippen LogP contribution in [0.5, 0.6) is 0 Å². The Morgan fingerprint density at radius 1 is 1.00 bits per heavy atom. The zero-order valence-corrected chi connectivity index (χ0v) is 13.5. The van der Waals surface area contributed by atoms with Crippen molar-refractivity contribution in [3.8, 4) is 11.4 Å². The lowest BCUT2D eigenvalue weighted by molar-refractivity contribution is 0.214. The Kier molecular flexibility index (Phi) is 4.34. The van der Waals surface area contributed by atoms with E-state index in [-0.39, 0.29) is 5.82 Å². The summed E-state index contributed by atoms with van der Waals surface area (Å²) in [7, 11) is 0. The number of piperazine rings is 1. The molecule has 1 aliphatic rings. The maximum Gasteiger partial charge on any atom is 0.241 e. The van der Waals surface area contributed by atoms with Crippen molar-refractivity contribution in [1.82, 2.24) is 25.0 Å². The summed E-state index contributed by atoms with van der Waals surface area (Å²) >= 11 is 0. The molecule has 0 amide bonds. The largest absolute Gasteiger partial charge is 0.338 e. The Balaban J connectivity index is 1.35. The Labute approximate surface area is 144 Å². The molecule has 0 saturated carbocycles. The molecule has 3 heterocycles. The normalized spacial score (nSPS) is 15.5. The first-order chi connectivity index (χ1) is 12.3. The van der Waals surface area contributed by atoms with Crippen molar-refractivity contribution in [2.45, 2.75) is 6.54 Å². The van der Waals surface area contributed by atoms with E-state index in [1.54, 1.807) is 24.5 Å². The summed E-state index contributed by atoms with van der Waals surface area (Å²) in [5.74, 6) is 1.52. The van der Waals surface area contributed by atoms with Crippen LogP contribution in [0.25, 0.3) is 11.4 Å². The number of halogens is 1. The molecule has 1 aliphatic heterocycles. The second-order valence-corrected chi connectivity index (χ2v) is 5.83. The van der Waals surface area contributed by atoms with Crippen LogP contribution >= 0.6 is 0 Å². The molecular formula is C17H17FN6O. The van der Waals surface area contributed by atoms with Crippen LogP contribution in [0.3, 0.4) is 0 Å². The molecule has 0 aliphatic carbocycles. The summed E-state index contributed by atoms with van der Waals surface area (Å²) in [5.41, 5.74) is 0.738. The summed E-state index contributed by atoms with van der Waals surface area (Å²) in [6, 6.07) is 7.87. The summed E-state index contributed by atoms with van der Waals surface area (Å²) in [6.07, 6.45) is 3.51. The highest BCUT2D eigenvalue weighted by molar-refractivity contribution is 5.53. The number of aromatic nitrogens is 4. The van der Waals surface area contributed by atoms with E-state index in [0.29, 0.717) is 18.3 Å². The second kappa shape index (κ2) is 6.94. The van der Waals surface area contributed by atoms with Crippen molar-refractivity contribution in [3.63, 3.8) is 0 Å². The molecule has 0 spiro atoms. The Morgan fingerprint density at radius 2 is 1.72 bits per heavy atom. The highest BCUT2D eigenvalue weighted by Gasteiger charge is 2.20. The van der Waals surface area contributed by atoms with Gasteiger partial charge in [-0.05, 0) is 30.3 Å². The highest BCUT2D eigenvalue weighted by Crippen LogP contribution is 2.17. The fourth-order valence-electron chi connectivity index (χ4n) is 2.79. The minimum Gasteiger partial charge on any atom is -0.338 e. The van der Waals surface area contributed by atoms with Gasteiger partial charge in [-0.1, -0.05) is 5.16 Å². The predicted octanol–water partition coefficient (Wildman–Crippen LogP) is 1.99. The van der Waals surface area contributed by atoms with Crippen molar-refractivity contribution in [2.24, 2.45) is 0 Å². The summed E-state index contributed by atoms with van der Waals surface area (Å²) < 4.78 is 18.3. The Bertz CT molecular complexity index is 815. The van der Waals surface area contributed by atoms with E-state index in [0.717, 1.165) is 37.7 Å². The number of hydrogen-bond donors (Lipinski definition) is 0. The Hall–Kier alpha value is -2.87. The van der Waals surface area contributed by atoms with Gasteiger partial charge in [0.05, 0.1) is 6.54 Å². The smallest absolute Gasteiger partial charge is 0.241 e. The molecule has 25 heavy (non-hydrogen) atoms. The first-order valence-corrected chi connectivity index (χ1v) is 8.11. The van der Waals surface area contributed by atoms with Gasteiger partial charge < -0.3 is 9.42 Å². The SMILES string of the molecule is Fc1ccc(-c2noc(CN3CCN(c4ncccn4)CC3)n2)cc1. The highest BCUT2D eigenvalue weighted by atomic mass is 19.1. The van der Waals surface area contributed by atoms with Gasteiger partial charge in [-0.2, -0.15) is 4.98 Å². The van der Waals surface area contributed by atoms with Crippen LogP contribution in [0.1, 0.15) is 5.89 Å². The van der Waals surface area contributed by atoms with Crippen LogP contribution in [0.15, 0.2) is 47.2 Å². The molecule has 3 aromatic rings. The second-order valence-electron chi connectivity index (χ2n) is 5.83. The van der Waals surface area contributed by atoms with Crippen molar-refractivity contribution < 1.29 is 8.91 Å². The number of anilines is 1. The van der Waals surface area contributed by atoms with Crippen molar-refractivity contribution in [1.29, 1.82) is 0 Å². The fraction of sp³-hybridized carbons (Fsp3) is 0.294. The van der Waals surface area contributed by atoms with Crippen LogP contribution in [0.4, 0.5) is 10.3 Å². The van der Waals surface area contributed by atoms with Gasteiger partial charge >= 0.3 is 0 Å². The van der Waals surface area contributed by atoms with E-state index < -0.39 is 0 Å². The van der Waals surface area contributed by atoms with E-state index in [9.17, 15) is 4.39 Å². The van der Waals surface area contributed by atoms with Gasteiger partial charge in [-0.3, -0.25) is 4.90 Å². The minimum absolute atomic E-state index is 0.285. The summed E-state index contributed by atoms with van der Waals surface area (Å²) in [4.78, 5) is 17.4. The first-order valence-electron chi connectivity index (χ1n) is 8.11. The third-order valence-corrected chi connectivity index (χ3v) is 4.14. The number of benzene rings is 1. The maximum absolute atomic E-state index is 13.0. The average molecular weight is 340 g/mol. The monoisotopic (exact) mass is 340 g/mol. The molecule has 1 fully saturated rings.